The molecule has 2 N–H and O–H groups in total. The molecule has 1 aliphatic rings. The summed E-state index contributed by atoms with van der Waals surface area (Å²) in [6.07, 6.45) is 2.49. The normalized spacial score (nSPS) is 31.1. The monoisotopic (exact) mass is 257 g/mol. The molecule has 0 aromatic rings. The Kier molecular flexibility index (Phi) is 5.60. The van der Waals surface area contributed by atoms with Crippen molar-refractivity contribution in [1.29, 1.82) is 0 Å². The molecule has 0 aromatic carbocycles. The molecule has 1 fully saturated rings. The lowest BCUT2D eigenvalue weighted by Crippen LogP contribution is -2.49. The molecule has 0 spiro atoms. The number of methoxy groups -OCH3 is 1. The van der Waals surface area contributed by atoms with Crippen molar-refractivity contribution < 1.29 is 14.3 Å². The van der Waals surface area contributed by atoms with Gasteiger partial charge in [-0.1, -0.05) is 20.8 Å². The van der Waals surface area contributed by atoms with Crippen LogP contribution in [0.3, 0.4) is 0 Å². The first-order valence-corrected chi connectivity index (χ1v) is 6.82. The zero-order valence-corrected chi connectivity index (χ0v) is 12.1. The van der Waals surface area contributed by atoms with Crippen LogP contribution in [0.4, 0.5) is 0 Å². The summed E-state index contributed by atoms with van der Waals surface area (Å²) in [6.45, 7) is 7.45. The van der Waals surface area contributed by atoms with E-state index in [2.05, 4.69) is 20.8 Å². The fourth-order valence-electron chi connectivity index (χ4n) is 2.75. The summed E-state index contributed by atoms with van der Waals surface area (Å²) < 4.78 is 10.3. The lowest BCUT2D eigenvalue weighted by molar-refractivity contribution is -0.157. The van der Waals surface area contributed by atoms with E-state index in [4.69, 9.17) is 15.2 Å². The average molecular weight is 257 g/mol. The Hall–Kier alpha value is -0.610. The van der Waals surface area contributed by atoms with E-state index in [0.717, 1.165) is 19.3 Å². The van der Waals surface area contributed by atoms with Crippen LogP contribution in [-0.4, -0.2) is 32.3 Å². The standard InChI is InChI=1S/C14H27NO3/c1-10-12(15)7-6-11(14(10,2)3)13(16)18-9-5-8-17-4/h10-12H,5-9,15H2,1-4H3. The van der Waals surface area contributed by atoms with Gasteiger partial charge in [0.25, 0.3) is 0 Å². The van der Waals surface area contributed by atoms with E-state index in [0.29, 0.717) is 19.1 Å². The van der Waals surface area contributed by atoms with Crippen molar-refractivity contribution in [3.63, 3.8) is 0 Å². The van der Waals surface area contributed by atoms with E-state index in [-0.39, 0.29) is 23.3 Å². The van der Waals surface area contributed by atoms with Crippen LogP contribution in [0.1, 0.15) is 40.0 Å². The molecule has 3 atom stereocenters. The number of carbonyl (C=O) groups excluding carboxylic acids is 1. The number of hydrogen-bond donors (Lipinski definition) is 1. The van der Waals surface area contributed by atoms with Gasteiger partial charge in [-0.25, -0.2) is 0 Å². The van der Waals surface area contributed by atoms with Gasteiger partial charge < -0.3 is 15.2 Å². The molecule has 1 aliphatic carbocycles. The lowest BCUT2D eigenvalue weighted by Gasteiger charge is -2.45. The largest absolute Gasteiger partial charge is 0.465 e. The Labute approximate surface area is 110 Å². The molecule has 1 saturated carbocycles. The zero-order chi connectivity index (χ0) is 13.8. The van der Waals surface area contributed by atoms with E-state index in [1.165, 1.54) is 0 Å². The molecule has 0 amide bonds. The quantitative estimate of drug-likeness (QED) is 0.604. The molecule has 4 nitrogen and oxygen atoms in total. The third kappa shape index (κ3) is 3.45. The fraction of sp³-hybridized carbons (Fsp3) is 0.929. The van der Waals surface area contributed by atoms with E-state index in [1.807, 2.05) is 0 Å². The SMILES string of the molecule is COCCCOC(=O)C1CCC(N)C(C)C1(C)C. The van der Waals surface area contributed by atoms with Crippen molar-refractivity contribution in [2.75, 3.05) is 20.3 Å². The molecule has 0 bridgehead atoms. The molecule has 3 unspecified atom stereocenters. The summed E-state index contributed by atoms with van der Waals surface area (Å²) in [7, 11) is 1.65. The molecule has 0 aliphatic heterocycles. The number of rotatable bonds is 5. The van der Waals surface area contributed by atoms with Crippen LogP contribution in [0.5, 0.6) is 0 Å². The molecule has 0 saturated heterocycles. The highest BCUT2D eigenvalue weighted by Gasteiger charge is 2.45. The average Bonchev–Trinajstić information content (AvgIpc) is 2.31. The van der Waals surface area contributed by atoms with Gasteiger partial charge in [-0.2, -0.15) is 0 Å². The van der Waals surface area contributed by atoms with Gasteiger partial charge in [-0.15, -0.1) is 0 Å². The molecule has 106 valence electrons. The Balaban J connectivity index is 2.51. The summed E-state index contributed by atoms with van der Waals surface area (Å²) in [4.78, 5) is 12.1. The summed E-state index contributed by atoms with van der Waals surface area (Å²) in [5.74, 6) is 0.229. The topological polar surface area (TPSA) is 61.5 Å². The molecule has 1 rings (SSSR count). The van der Waals surface area contributed by atoms with E-state index in [1.54, 1.807) is 7.11 Å². The van der Waals surface area contributed by atoms with Crippen LogP contribution in [0.2, 0.25) is 0 Å². The number of ether oxygens (including phenoxy) is 2. The van der Waals surface area contributed by atoms with Crippen molar-refractivity contribution in [3.8, 4) is 0 Å². The summed E-state index contributed by atoms with van der Waals surface area (Å²) in [6, 6.07) is 0.192. The molecular formula is C14H27NO3. The maximum atomic E-state index is 12.1. The molecule has 0 radical (unpaired) electrons. The summed E-state index contributed by atoms with van der Waals surface area (Å²) in [5.41, 5.74) is 6.00. The van der Waals surface area contributed by atoms with Crippen molar-refractivity contribution in [2.24, 2.45) is 23.0 Å². The van der Waals surface area contributed by atoms with Gasteiger partial charge in [0.05, 0.1) is 12.5 Å². The highest BCUT2D eigenvalue weighted by atomic mass is 16.5. The molecule has 4 heteroatoms. The number of carbonyl (C=O) groups is 1. The van der Waals surface area contributed by atoms with Gasteiger partial charge in [0.15, 0.2) is 0 Å². The summed E-state index contributed by atoms with van der Waals surface area (Å²) in [5, 5.41) is 0. The van der Waals surface area contributed by atoms with Gasteiger partial charge in [-0.05, 0) is 24.2 Å². The first-order chi connectivity index (χ1) is 8.41. The van der Waals surface area contributed by atoms with Gasteiger partial charge >= 0.3 is 5.97 Å². The second kappa shape index (κ2) is 6.53. The predicted molar refractivity (Wildman–Crippen MR) is 71.1 cm³/mol. The van der Waals surface area contributed by atoms with Crippen LogP contribution in [0.25, 0.3) is 0 Å². The van der Waals surface area contributed by atoms with E-state index >= 15 is 0 Å². The second-order valence-corrected chi connectivity index (χ2v) is 5.92. The molecule has 0 heterocycles. The van der Waals surface area contributed by atoms with Gasteiger partial charge in [0.2, 0.25) is 0 Å². The lowest BCUT2D eigenvalue weighted by atomic mass is 9.61. The minimum Gasteiger partial charge on any atom is -0.465 e. The Morgan fingerprint density at radius 2 is 2.00 bits per heavy atom. The minimum atomic E-state index is -0.0873. The Bertz CT molecular complexity index is 278. The van der Waals surface area contributed by atoms with Gasteiger partial charge in [0.1, 0.15) is 0 Å². The zero-order valence-electron chi connectivity index (χ0n) is 12.1. The van der Waals surface area contributed by atoms with Crippen molar-refractivity contribution in [3.05, 3.63) is 0 Å². The molecule has 18 heavy (non-hydrogen) atoms. The highest BCUT2D eigenvalue weighted by Crippen LogP contribution is 2.44. The van der Waals surface area contributed by atoms with Crippen LogP contribution < -0.4 is 5.73 Å². The van der Waals surface area contributed by atoms with Gasteiger partial charge in [0, 0.05) is 26.2 Å². The van der Waals surface area contributed by atoms with Gasteiger partial charge in [-0.3, -0.25) is 4.79 Å². The van der Waals surface area contributed by atoms with Crippen molar-refractivity contribution >= 4 is 5.97 Å². The van der Waals surface area contributed by atoms with Crippen molar-refractivity contribution in [1.82, 2.24) is 0 Å². The highest BCUT2D eigenvalue weighted by molar-refractivity contribution is 5.73. The van der Waals surface area contributed by atoms with Crippen LogP contribution in [-0.2, 0) is 14.3 Å². The summed E-state index contributed by atoms with van der Waals surface area (Å²) >= 11 is 0. The number of esters is 1. The molecular weight excluding hydrogens is 230 g/mol. The number of hydrogen-bond acceptors (Lipinski definition) is 4. The fourth-order valence-corrected chi connectivity index (χ4v) is 2.75. The first kappa shape index (κ1) is 15.4. The van der Waals surface area contributed by atoms with Crippen molar-refractivity contribution in [2.45, 2.75) is 46.1 Å². The third-order valence-electron chi connectivity index (χ3n) is 4.52. The Morgan fingerprint density at radius 3 is 2.61 bits per heavy atom. The second-order valence-electron chi connectivity index (χ2n) is 5.92. The van der Waals surface area contributed by atoms with E-state index < -0.39 is 0 Å². The third-order valence-corrected chi connectivity index (χ3v) is 4.52. The minimum absolute atomic E-state index is 0.0326. The maximum Gasteiger partial charge on any atom is 0.309 e. The smallest absolute Gasteiger partial charge is 0.309 e. The predicted octanol–water partition coefficient (Wildman–Crippen LogP) is 1.97. The number of nitrogens with two attached hydrogens (primary N) is 1. The van der Waals surface area contributed by atoms with Crippen LogP contribution >= 0.6 is 0 Å². The maximum absolute atomic E-state index is 12.1. The van der Waals surface area contributed by atoms with E-state index in [9.17, 15) is 4.79 Å². The Morgan fingerprint density at radius 1 is 1.33 bits per heavy atom. The van der Waals surface area contributed by atoms with Crippen LogP contribution in [0.15, 0.2) is 0 Å². The van der Waals surface area contributed by atoms with Crippen LogP contribution in [0, 0.1) is 17.3 Å². The molecule has 0 aromatic heterocycles. The first-order valence-electron chi connectivity index (χ1n) is 6.82.